The van der Waals surface area contributed by atoms with E-state index in [1.807, 2.05) is 0 Å². The van der Waals surface area contributed by atoms with Crippen LogP contribution in [0.4, 0.5) is 35.1 Å². The lowest BCUT2D eigenvalue weighted by molar-refractivity contribution is -0.144. The lowest BCUT2D eigenvalue weighted by Gasteiger charge is -2.32. The summed E-state index contributed by atoms with van der Waals surface area (Å²) in [7, 11) is 0. The van der Waals surface area contributed by atoms with Crippen molar-refractivity contribution in [2.45, 2.75) is 88.6 Å². The number of hydrogen-bond donors (Lipinski definition) is 3. The Morgan fingerprint density at radius 3 is 2.35 bits per heavy atom. The lowest BCUT2D eigenvalue weighted by atomic mass is 9.77. The van der Waals surface area contributed by atoms with Gasteiger partial charge in [-0.05, 0) is 43.4 Å². The zero-order chi connectivity index (χ0) is 31.7. The van der Waals surface area contributed by atoms with Crippen LogP contribution < -0.4 is 11.1 Å². The standard InChI is InChI=1S/C26H29F8N7O2/c1-13(36-18(42)6-9-25(29,30)31)15-2-3-16-17(12-15)38-21(37-16)19(14-4-7-24(27,28)8-5-14)23-39-22(20(35)43)40-41(23)11-10-26(32,33)34/h2-3,12-14,19H,4-11H2,1H3,(H2,35,43)(H,36,42)(H,37,38)/t13-,19+/m1/s1. The van der Waals surface area contributed by atoms with Crippen LogP contribution in [-0.2, 0) is 11.3 Å². The largest absolute Gasteiger partial charge is 0.390 e. The molecule has 2 aromatic heterocycles. The molecule has 2 amide bonds. The number of nitrogens with one attached hydrogen (secondary N) is 2. The number of carbonyl (C=O) groups is 2. The number of carbonyl (C=O) groups excluding carboxylic acids is 2. The van der Waals surface area contributed by atoms with Crippen molar-refractivity contribution in [1.82, 2.24) is 30.0 Å². The summed E-state index contributed by atoms with van der Waals surface area (Å²) < 4.78 is 106. The van der Waals surface area contributed by atoms with E-state index in [1.165, 1.54) is 0 Å². The van der Waals surface area contributed by atoms with Gasteiger partial charge in [0.05, 0.1) is 42.4 Å². The van der Waals surface area contributed by atoms with Gasteiger partial charge in [-0.2, -0.15) is 26.3 Å². The molecule has 0 radical (unpaired) electrons. The van der Waals surface area contributed by atoms with Gasteiger partial charge in [0, 0.05) is 19.3 Å². The monoisotopic (exact) mass is 623 g/mol. The summed E-state index contributed by atoms with van der Waals surface area (Å²) in [4.78, 5) is 35.6. The average molecular weight is 624 g/mol. The molecule has 0 unspecified atom stereocenters. The fourth-order valence-electron chi connectivity index (χ4n) is 5.15. The van der Waals surface area contributed by atoms with Crippen molar-refractivity contribution in [3.8, 4) is 0 Å². The minimum Gasteiger partial charge on any atom is -0.363 e. The second-order valence-electron chi connectivity index (χ2n) is 10.7. The molecule has 0 aliphatic heterocycles. The Hall–Kier alpha value is -3.79. The first-order valence-electron chi connectivity index (χ1n) is 13.5. The number of rotatable bonds is 10. The number of H-pyrrole nitrogens is 1. The Morgan fingerprint density at radius 1 is 1.09 bits per heavy atom. The molecule has 1 saturated carbocycles. The van der Waals surface area contributed by atoms with E-state index in [-0.39, 0.29) is 24.5 Å². The van der Waals surface area contributed by atoms with E-state index in [0.717, 1.165) is 4.68 Å². The minimum atomic E-state index is -4.56. The van der Waals surface area contributed by atoms with Crippen LogP contribution >= 0.6 is 0 Å². The Labute approximate surface area is 239 Å². The van der Waals surface area contributed by atoms with Crippen molar-refractivity contribution < 1.29 is 44.7 Å². The predicted octanol–water partition coefficient (Wildman–Crippen LogP) is 5.68. The maximum Gasteiger partial charge on any atom is 0.390 e. The molecular formula is C26H29F8N7O2. The van der Waals surface area contributed by atoms with Crippen LogP contribution in [0.1, 0.15) is 91.7 Å². The number of imidazole rings is 1. The number of nitrogens with zero attached hydrogens (tertiary/aromatic N) is 4. The molecule has 3 aromatic rings. The van der Waals surface area contributed by atoms with Crippen LogP contribution in [0.15, 0.2) is 18.2 Å². The maximum atomic E-state index is 14.0. The zero-order valence-corrected chi connectivity index (χ0v) is 22.8. The highest BCUT2D eigenvalue weighted by molar-refractivity contribution is 5.88. The van der Waals surface area contributed by atoms with Crippen molar-refractivity contribution in [3.63, 3.8) is 0 Å². The summed E-state index contributed by atoms with van der Waals surface area (Å²) in [6.07, 6.45) is -13.3. The summed E-state index contributed by atoms with van der Waals surface area (Å²) in [6, 6.07) is 4.07. The first-order valence-corrected chi connectivity index (χ1v) is 13.5. The van der Waals surface area contributed by atoms with Gasteiger partial charge in [0.1, 0.15) is 11.6 Å². The molecule has 4 N–H and O–H groups in total. The van der Waals surface area contributed by atoms with Gasteiger partial charge in [0.15, 0.2) is 0 Å². The molecule has 17 heteroatoms. The third-order valence-electron chi connectivity index (χ3n) is 7.37. The molecule has 43 heavy (non-hydrogen) atoms. The Balaban J connectivity index is 1.69. The lowest BCUT2D eigenvalue weighted by Crippen LogP contribution is -2.30. The van der Waals surface area contributed by atoms with Crippen LogP contribution in [0.3, 0.4) is 0 Å². The van der Waals surface area contributed by atoms with Gasteiger partial charge in [-0.15, -0.1) is 5.10 Å². The summed E-state index contributed by atoms with van der Waals surface area (Å²) in [5, 5.41) is 6.36. The third kappa shape index (κ3) is 8.40. The van der Waals surface area contributed by atoms with Crippen LogP contribution in [-0.4, -0.2) is 54.8 Å². The molecule has 1 aliphatic carbocycles. The topological polar surface area (TPSA) is 132 Å². The quantitative estimate of drug-likeness (QED) is 0.250. The SMILES string of the molecule is C[C@@H](NC(=O)CCC(F)(F)F)c1ccc2nc([C@@H](c3nc(C(N)=O)nn3CCC(F)(F)F)C3CCC(F)(F)CC3)[nH]c2c1. The number of nitrogens with two attached hydrogens (primary N) is 1. The highest BCUT2D eigenvalue weighted by Crippen LogP contribution is 2.44. The van der Waals surface area contributed by atoms with Crippen molar-refractivity contribution in [1.29, 1.82) is 0 Å². The number of hydrogen-bond acceptors (Lipinski definition) is 5. The second kappa shape index (κ2) is 12.1. The Bertz CT molecular complexity index is 1450. The number of aromatic amines is 1. The predicted molar refractivity (Wildman–Crippen MR) is 136 cm³/mol. The fourth-order valence-corrected chi connectivity index (χ4v) is 5.15. The van der Waals surface area contributed by atoms with Crippen molar-refractivity contribution in [3.05, 3.63) is 41.2 Å². The van der Waals surface area contributed by atoms with E-state index >= 15 is 0 Å². The fraction of sp³-hybridized carbons (Fsp3) is 0.577. The van der Waals surface area contributed by atoms with Crippen molar-refractivity contribution in [2.75, 3.05) is 0 Å². The van der Waals surface area contributed by atoms with Gasteiger partial charge in [0.25, 0.3) is 5.91 Å². The number of aromatic nitrogens is 5. The van der Waals surface area contributed by atoms with Crippen LogP contribution in [0.2, 0.25) is 0 Å². The minimum absolute atomic E-state index is 0.0149. The first-order chi connectivity index (χ1) is 19.9. The van der Waals surface area contributed by atoms with E-state index in [9.17, 15) is 44.7 Å². The molecule has 236 valence electrons. The van der Waals surface area contributed by atoms with Crippen LogP contribution in [0, 0.1) is 5.92 Å². The normalized spacial score (nSPS) is 17.6. The number of aryl methyl sites for hydroxylation is 1. The molecule has 0 bridgehead atoms. The van der Waals surface area contributed by atoms with Gasteiger partial charge in [-0.25, -0.2) is 23.4 Å². The highest BCUT2D eigenvalue weighted by atomic mass is 19.4. The molecular weight excluding hydrogens is 594 g/mol. The molecule has 9 nitrogen and oxygen atoms in total. The number of benzene rings is 1. The van der Waals surface area contributed by atoms with E-state index in [2.05, 4.69) is 25.4 Å². The van der Waals surface area contributed by atoms with E-state index in [1.54, 1.807) is 25.1 Å². The molecule has 1 fully saturated rings. The first kappa shape index (κ1) is 32.1. The van der Waals surface area contributed by atoms with Crippen molar-refractivity contribution >= 4 is 22.8 Å². The molecule has 4 rings (SSSR count). The summed E-state index contributed by atoms with van der Waals surface area (Å²) in [6.45, 7) is 0.873. The van der Waals surface area contributed by atoms with E-state index in [4.69, 9.17) is 5.73 Å². The molecule has 0 spiro atoms. The van der Waals surface area contributed by atoms with Crippen LogP contribution in [0.25, 0.3) is 11.0 Å². The number of alkyl halides is 8. The molecule has 0 saturated heterocycles. The highest BCUT2D eigenvalue weighted by Gasteiger charge is 2.42. The molecule has 1 aliphatic rings. The number of primary amides is 1. The number of halogens is 8. The zero-order valence-electron chi connectivity index (χ0n) is 22.8. The summed E-state index contributed by atoms with van der Waals surface area (Å²) >= 11 is 0. The second-order valence-corrected chi connectivity index (χ2v) is 10.7. The van der Waals surface area contributed by atoms with Crippen molar-refractivity contribution in [2.24, 2.45) is 11.7 Å². The number of amides is 2. The molecule has 1 aromatic carbocycles. The van der Waals surface area contributed by atoms with Gasteiger partial charge in [-0.1, -0.05) is 6.07 Å². The van der Waals surface area contributed by atoms with Gasteiger partial charge < -0.3 is 16.0 Å². The van der Waals surface area contributed by atoms with Gasteiger partial charge in [-0.3, -0.25) is 9.59 Å². The average Bonchev–Trinajstić information content (AvgIpc) is 3.51. The van der Waals surface area contributed by atoms with Gasteiger partial charge >= 0.3 is 12.4 Å². The Morgan fingerprint density at radius 2 is 1.74 bits per heavy atom. The van der Waals surface area contributed by atoms with Crippen LogP contribution in [0.5, 0.6) is 0 Å². The van der Waals surface area contributed by atoms with E-state index < -0.39 is 92.4 Å². The smallest absolute Gasteiger partial charge is 0.363 e. The summed E-state index contributed by atoms with van der Waals surface area (Å²) in [5.41, 5.74) is 6.61. The summed E-state index contributed by atoms with van der Waals surface area (Å²) in [5.74, 6) is -6.74. The Kier molecular flexibility index (Phi) is 9.02. The molecule has 2 atom stereocenters. The molecule has 2 heterocycles. The third-order valence-corrected chi connectivity index (χ3v) is 7.37. The maximum absolute atomic E-state index is 14.0. The van der Waals surface area contributed by atoms with Gasteiger partial charge in [0.2, 0.25) is 17.7 Å². The number of fused-ring (bicyclic) bond motifs is 1. The van der Waals surface area contributed by atoms with E-state index in [0.29, 0.717) is 16.6 Å².